The van der Waals surface area contributed by atoms with E-state index in [9.17, 15) is 0 Å². The van der Waals surface area contributed by atoms with Gasteiger partial charge in [-0.1, -0.05) is 24.9 Å². The summed E-state index contributed by atoms with van der Waals surface area (Å²) in [5, 5.41) is 3.75. The highest BCUT2D eigenvalue weighted by Gasteiger charge is 2.24. The molecule has 0 radical (unpaired) electrons. The molecular weight excluding hydrogens is 266 g/mol. The van der Waals surface area contributed by atoms with E-state index in [0.29, 0.717) is 12.1 Å². The molecule has 4 heteroatoms. The van der Waals surface area contributed by atoms with Crippen molar-refractivity contribution in [3.05, 3.63) is 20.8 Å². The van der Waals surface area contributed by atoms with E-state index in [1.54, 1.807) is 18.4 Å². The third-order valence-corrected chi connectivity index (χ3v) is 4.87. The predicted octanol–water partition coefficient (Wildman–Crippen LogP) is 4.18. The molecule has 0 aliphatic heterocycles. The number of halogens is 1. The molecule has 0 fully saturated rings. The van der Waals surface area contributed by atoms with Gasteiger partial charge in [-0.3, -0.25) is 0 Å². The highest BCUT2D eigenvalue weighted by atomic mass is 35.5. The van der Waals surface area contributed by atoms with E-state index in [-0.39, 0.29) is 0 Å². The number of fused-ring (bicyclic) bond motifs is 1. The van der Waals surface area contributed by atoms with Gasteiger partial charge >= 0.3 is 0 Å². The Morgan fingerprint density at radius 1 is 1.61 bits per heavy atom. The SMILES string of the molecule is CCCC(COC)NC1CCCc2sc(Cl)cc21. The van der Waals surface area contributed by atoms with Crippen molar-refractivity contribution in [2.24, 2.45) is 0 Å². The first kappa shape index (κ1) is 14.3. The van der Waals surface area contributed by atoms with E-state index < -0.39 is 0 Å². The quantitative estimate of drug-likeness (QED) is 0.847. The van der Waals surface area contributed by atoms with Crippen molar-refractivity contribution < 1.29 is 4.74 Å². The van der Waals surface area contributed by atoms with Gasteiger partial charge < -0.3 is 10.1 Å². The Labute approximate surface area is 119 Å². The van der Waals surface area contributed by atoms with Gasteiger partial charge in [0.25, 0.3) is 0 Å². The molecule has 0 saturated carbocycles. The van der Waals surface area contributed by atoms with Crippen LogP contribution in [0.5, 0.6) is 0 Å². The number of thiophene rings is 1. The number of rotatable bonds is 6. The molecule has 2 nitrogen and oxygen atoms in total. The summed E-state index contributed by atoms with van der Waals surface area (Å²) >= 11 is 7.88. The van der Waals surface area contributed by atoms with Gasteiger partial charge in [-0.05, 0) is 37.3 Å². The number of methoxy groups -OCH3 is 1. The molecule has 1 aliphatic rings. The van der Waals surface area contributed by atoms with Crippen LogP contribution in [-0.4, -0.2) is 19.8 Å². The van der Waals surface area contributed by atoms with Crippen molar-refractivity contribution in [3.63, 3.8) is 0 Å². The summed E-state index contributed by atoms with van der Waals surface area (Å²) in [5.41, 5.74) is 1.42. The molecule has 1 N–H and O–H groups in total. The predicted molar refractivity (Wildman–Crippen MR) is 78.7 cm³/mol. The summed E-state index contributed by atoms with van der Waals surface area (Å²) in [6, 6.07) is 3.06. The number of hydrogen-bond acceptors (Lipinski definition) is 3. The van der Waals surface area contributed by atoms with E-state index >= 15 is 0 Å². The molecule has 2 atom stereocenters. The Balaban J connectivity index is 2.04. The number of ether oxygens (including phenoxy) is 1. The molecular formula is C14H22ClNOS. The maximum atomic E-state index is 6.14. The fourth-order valence-corrected chi connectivity index (χ4v) is 4.13. The second kappa shape index (κ2) is 6.90. The van der Waals surface area contributed by atoms with Crippen LogP contribution in [0.3, 0.4) is 0 Å². The Kier molecular flexibility index (Phi) is 5.49. The second-order valence-electron chi connectivity index (χ2n) is 4.98. The van der Waals surface area contributed by atoms with Gasteiger partial charge in [-0.15, -0.1) is 11.3 Å². The molecule has 1 aromatic rings. The molecule has 1 heterocycles. The topological polar surface area (TPSA) is 21.3 Å². The van der Waals surface area contributed by atoms with Crippen molar-refractivity contribution in [2.45, 2.75) is 51.1 Å². The highest BCUT2D eigenvalue weighted by molar-refractivity contribution is 7.16. The van der Waals surface area contributed by atoms with Crippen LogP contribution in [0.4, 0.5) is 0 Å². The highest BCUT2D eigenvalue weighted by Crippen LogP contribution is 2.38. The summed E-state index contributed by atoms with van der Waals surface area (Å²) < 4.78 is 6.23. The van der Waals surface area contributed by atoms with E-state index in [2.05, 4.69) is 18.3 Å². The number of nitrogens with one attached hydrogen (secondary N) is 1. The van der Waals surface area contributed by atoms with Gasteiger partial charge in [0.05, 0.1) is 10.9 Å². The van der Waals surface area contributed by atoms with Gasteiger partial charge in [-0.2, -0.15) is 0 Å². The minimum Gasteiger partial charge on any atom is -0.383 e. The lowest BCUT2D eigenvalue weighted by Crippen LogP contribution is -2.37. The summed E-state index contributed by atoms with van der Waals surface area (Å²) in [7, 11) is 1.78. The molecule has 18 heavy (non-hydrogen) atoms. The molecule has 0 saturated heterocycles. The van der Waals surface area contributed by atoms with Crippen LogP contribution in [0.2, 0.25) is 4.34 Å². The number of aryl methyl sites for hydroxylation is 1. The van der Waals surface area contributed by atoms with Gasteiger partial charge in [0.15, 0.2) is 0 Å². The van der Waals surface area contributed by atoms with Crippen molar-refractivity contribution in [2.75, 3.05) is 13.7 Å². The molecule has 0 spiro atoms. The first-order valence-corrected chi connectivity index (χ1v) is 7.97. The minimum atomic E-state index is 0.453. The smallest absolute Gasteiger partial charge is 0.0934 e. The van der Waals surface area contributed by atoms with Crippen molar-refractivity contribution in [1.82, 2.24) is 5.32 Å². The first-order valence-electron chi connectivity index (χ1n) is 6.77. The van der Waals surface area contributed by atoms with Gasteiger partial charge in [0, 0.05) is 24.1 Å². The Hall–Kier alpha value is -0.0900. The van der Waals surface area contributed by atoms with Crippen molar-refractivity contribution in [3.8, 4) is 0 Å². The third kappa shape index (κ3) is 3.47. The van der Waals surface area contributed by atoms with Crippen LogP contribution in [-0.2, 0) is 11.2 Å². The summed E-state index contributed by atoms with van der Waals surface area (Å²) in [5.74, 6) is 0. The second-order valence-corrected chi connectivity index (χ2v) is 6.75. The van der Waals surface area contributed by atoms with Crippen LogP contribution in [0, 0.1) is 0 Å². The Morgan fingerprint density at radius 2 is 2.44 bits per heavy atom. The fraction of sp³-hybridized carbons (Fsp3) is 0.714. The molecule has 2 unspecified atom stereocenters. The normalized spacial score (nSPS) is 20.7. The van der Waals surface area contributed by atoms with E-state index in [1.165, 1.54) is 36.1 Å². The molecule has 0 amide bonds. The van der Waals surface area contributed by atoms with Gasteiger partial charge in [0.2, 0.25) is 0 Å². The maximum absolute atomic E-state index is 6.14. The van der Waals surface area contributed by atoms with Gasteiger partial charge in [0.1, 0.15) is 0 Å². The minimum absolute atomic E-state index is 0.453. The molecule has 0 aromatic carbocycles. The lowest BCUT2D eigenvalue weighted by atomic mass is 9.93. The molecule has 102 valence electrons. The van der Waals surface area contributed by atoms with Crippen molar-refractivity contribution in [1.29, 1.82) is 0 Å². The fourth-order valence-electron chi connectivity index (χ4n) is 2.74. The zero-order chi connectivity index (χ0) is 13.0. The van der Waals surface area contributed by atoms with Crippen molar-refractivity contribution >= 4 is 22.9 Å². The molecule has 1 aromatic heterocycles. The van der Waals surface area contributed by atoms with E-state index in [4.69, 9.17) is 16.3 Å². The lowest BCUT2D eigenvalue weighted by Gasteiger charge is -2.28. The molecule has 0 bridgehead atoms. The molecule has 2 rings (SSSR count). The Morgan fingerprint density at radius 3 is 3.17 bits per heavy atom. The largest absolute Gasteiger partial charge is 0.383 e. The lowest BCUT2D eigenvalue weighted by molar-refractivity contribution is 0.154. The van der Waals surface area contributed by atoms with Crippen LogP contribution in [0.1, 0.15) is 49.1 Å². The monoisotopic (exact) mass is 287 g/mol. The maximum Gasteiger partial charge on any atom is 0.0934 e. The average Bonchev–Trinajstić information content (AvgIpc) is 2.71. The van der Waals surface area contributed by atoms with E-state index in [0.717, 1.165) is 17.4 Å². The van der Waals surface area contributed by atoms with Crippen LogP contribution in [0.25, 0.3) is 0 Å². The third-order valence-electron chi connectivity index (χ3n) is 3.53. The molecule has 1 aliphatic carbocycles. The van der Waals surface area contributed by atoms with E-state index in [1.807, 2.05) is 0 Å². The standard InChI is InChI=1S/C14H22ClNOS/c1-3-5-10(9-17-2)16-12-6-4-7-13-11(12)8-14(15)18-13/h8,10,12,16H,3-7,9H2,1-2H3. The van der Waals surface area contributed by atoms with Crippen LogP contribution < -0.4 is 5.32 Å². The Bertz CT molecular complexity index is 374. The summed E-state index contributed by atoms with van der Waals surface area (Å²) in [6.45, 7) is 3.01. The van der Waals surface area contributed by atoms with Gasteiger partial charge in [-0.25, -0.2) is 0 Å². The average molecular weight is 288 g/mol. The van der Waals surface area contributed by atoms with Crippen LogP contribution in [0.15, 0.2) is 6.07 Å². The zero-order valence-electron chi connectivity index (χ0n) is 11.2. The first-order chi connectivity index (χ1) is 8.74. The number of hydrogen-bond donors (Lipinski definition) is 1. The zero-order valence-corrected chi connectivity index (χ0v) is 12.7. The summed E-state index contributed by atoms with van der Waals surface area (Å²) in [6.07, 6.45) is 6.01. The van der Waals surface area contributed by atoms with Crippen LogP contribution >= 0.6 is 22.9 Å². The summed E-state index contributed by atoms with van der Waals surface area (Å²) in [4.78, 5) is 1.47.